The predicted octanol–water partition coefficient (Wildman–Crippen LogP) is 2.88. The minimum absolute atomic E-state index is 0.00668. The highest BCUT2D eigenvalue weighted by Gasteiger charge is 2.24. The van der Waals surface area contributed by atoms with E-state index >= 15 is 0 Å². The minimum Gasteiger partial charge on any atom is -0.477 e. The van der Waals surface area contributed by atoms with Gasteiger partial charge in [0.2, 0.25) is 0 Å². The molecule has 1 aliphatic heterocycles. The van der Waals surface area contributed by atoms with Crippen LogP contribution in [0.5, 0.6) is 0 Å². The first-order valence-corrected chi connectivity index (χ1v) is 10.1. The number of morpholine rings is 1. The molecular weight excluding hydrogens is 422 g/mol. The lowest BCUT2D eigenvalue weighted by atomic mass is 10.1. The fourth-order valence-corrected chi connectivity index (χ4v) is 3.85. The Hall–Kier alpha value is -3.36. The summed E-state index contributed by atoms with van der Waals surface area (Å²) in [5, 5.41) is 13.4. The van der Waals surface area contributed by atoms with Crippen LogP contribution >= 0.6 is 11.6 Å². The van der Waals surface area contributed by atoms with Crippen molar-refractivity contribution in [1.29, 1.82) is 0 Å². The number of aromatic nitrogens is 1. The number of carbonyl (C=O) groups excluding carboxylic acids is 1. The van der Waals surface area contributed by atoms with Crippen molar-refractivity contribution in [2.75, 3.05) is 26.3 Å². The number of benzene rings is 2. The summed E-state index contributed by atoms with van der Waals surface area (Å²) in [7, 11) is 0. The number of hydrogen-bond donors (Lipinski definition) is 2. The smallest absolute Gasteiger partial charge is 0.353 e. The number of ether oxygens (including phenoxy) is 1. The van der Waals surface area contributed by atoms with Crippen LogP contribution in [-0.2, 0) is 11.3 Å². The molecule has 9 heteroatoms. The van der Waals surface area contributed by atoms with Crippen molar-refractivity contribution in [1.82, 2.24) is 14.8 Å². The molecule has 1 fully saturated rings. The Labute approximate surface area is 182 Å². The number of amides is 2. The van der Waals surface area contributed by atoms with Crippen molar-refractivity contribution in [2.24, 2.45) is 0 Å². The number of urea groups is 1. The Kier molecular flexibility index (Phi) is 5.92. The van der Waals surface area contributed by atoms with Gasteiger partial charge in [-0.25, -0.2) is 9.59 Å². The van der Waals surface area contributed by atoms with E-state index in [0.717, 1.165) is 0 Å². The first-order valence-electron chi connectivity index (χ1n) is 9.74. The van der Waals surface area contributed by atoms with Crippen LogP contribution in [0, 0.1) is 0 Å². The fourth-order valence-electron chi connectivity index (χ4n) is 3.68. The average molecular weight is 442 g/mol. The Balaban J connectivity index is 1.86. The Morgan fingerprint density at radius 1 is 1.10 bits per heavy atom. The molecule has 160 valence electrons. The summed E-state index contributed by atoms with van der Waals surface area (Å²) in [5.41, 5.74) is 0.261. The van der Waals surface area contributed by atoms with Crippen LogP contribution in [0.25, 0.3) is 16.6 Å². The molecular formula is C22H20ClN3O5. The van der Waals surface area contributed by atoms with Gasteiger partial charge in [0.05, 0.1) is 30.8 Å². The van der Waals surface area contributed by atoms with Crippen molar-refractivity contribution in [3.05, 3.63) is 75.0 Å². The maximum atomic E-state index is 13.2. The lowest BCUT2D eigenvalue weighted by Crippen LogP contribution is -2.46. The molecule has 31 heavy (non-hydrogen) atoms. The van der Waals surface area contributed by atoms with Crippen LogP contribution in [0.2, 0.25) is 5.02 Å². The van der Waals surface area contributed by atoms with Gasteiger partial charge in [-0.3, -0.25) is 4.79 Å². The summed E-state index contributed by atoms with van der Waals surface area (Å²) < 4.78 is 6.73. The number of rotatable bonds is 4. The lowest BCUT2D eigenvalue weighted by molar-refractivity contribution is 0.0531. The molecule has 0 spiro atoms. The average Bonchev–Trinajstić information content (AvgIpc) is 2.79. The maximum Gasteiger partial charge on any atom is 0.353 e. The van der Waals surface area contributed by atoms with Gasteiger partial charge in [-0.2, -0.15) is 0 Å². The number of aromatic carboxylic acids is 1. The van der Waals surface area contributed by atoms with Crippen molar-refractivity contribution in [3.63, 3.8) is 0 Å². The van der Waals surface area contributed by atoms with E-state index in [1.54, 1.807) is 47.4 Å². The molecule has 2 N–H and O–H groups in total. The standard InChI is InChI=1S/C22H20ClN3O5/c23-14-6-7-16-18(12-14)26(15-4-2-1-3-5-15)19(21(28)29)17(20(16)27)13-24-22(30)25-8-10-31-11-9-25/h1-7,12H,8-11,13H2,(H,24,30)(H,28,29). The quantitative estimate of drug-likeness (QED) is 0.648. The number of carboxylic acids is 1. The van der Waals surface area contributed by atoms with E-state index in [2.05, 4.69) is 5.32 Å². The SMILES string of the molecule is O=C(O)c1c(CNC(=O)N2CCOCC2)c(=O)c2ccc(Cl)cc2n1-c1ccccc1. The van der Waals surface area contributed by atoms with E-state index in [9.17, 15) is 19.5 Å². The number of hydrogen-bond acceptors (Lipinski definition) is 4. The largest absolute Gasteiger partial charge is 0.477 e. The Bertz CT molecular complexity index is 1200. The van der Waals surface area contributed by atoms with Crippen molar-refractivity contribution in [2.45, 2.75) is 6.54 Å². The molecule has 2 aromatic carbocycles. The molecule has 0 atom stereocenters. The molecule has 1 aliphatic rings. The first kappa shape index (κ1) is 20.9. The number of nitrogens with zero attached hydrogens (tertiary/aromatic N) is 2. The minimum atomic E-state index is -1.28. The summed E-state index contributed by atoms with van der Waals surface area (Å²) in [6.07, 6.45) is 0. The van der Waals surface area contributed by atoms with Gasteiger partial charge < -0.3 is 24.6 Å². The highest BCUT2D eigenvalue weighted by Crippen LogP contribution is 2.25. The molecule has 3 aromatic rings. The van der Waals surface area contributed by atoms with Crippen LogP contribution in [0.4, 0.5) is 4.79 Å². The van der Waals surface area contributed by atoms with E-state index in [0.29, 0.717) is 47.9 Å². The first-order chi connectivity index (χ1) is 15.0. The molecule has 8 nitrogen and oxygen atoms in total. The second kappa shape index (κ2) is 8.79. The normalized spacial score (nSPS) is 13.9. The summed E-state index contributed by atoms with van der Waals surface area (Å²) in [6.45, 7) is 1.52. The van der Waals surface area contributed by atoms with Gasteiger partial charge >= 0.3 is 12.0 Å². The van der Waals surface area contributed by atoms with Gasteiger partial charge in [-0.05, 0) is 30.3 Å². The fraction of sp³-hybridized carbons (Fsp3) is 0.227. The van der Waals surface area contributed by atoms with Gasteiger partial charge in [-0.1, -0.05) is 29.8 Å². The zero-order chi connectivity index (χ0) is 22.0. The van der Waals surface area contributed by atoms with E-state index in [-0.39, 0.29) is 23.8 Å². The third-order valence-corrected chi connectivity index (χ3v) is 5.40. The summed E-state index contributed by atoms with van der Waals surface area (Å²) in [6, 6.07) is 13.2. The highest BCUT2D eigenvalue weighted by molar-refractivity contribution is 6.31. The van der Waals surface area contributed by atoms with Gasteiger partial charge in [0.15, 0.2) is 5.43 Å². The topological polar surface area (TPSA) is 101 Å². The zero-order valence-electron chi connectivity index (χ0n) is 16.5. The van der Waals surface area contributed by atoms with E-state index < -0.39 is 11.4 Å². The molecule has 2 amide bonds. The molecule has 1 aromatic heterocycles. The molecule has 1 saturated heterocycles. The van der Waals surface area contributed by atoms with Gasteiger partial charge in [0.1, 0.15) is 5.69 Å². The molecule has 4 rings (SSSR count). The summed E-state index contributed by atoms with van der Waals surface area (Å²) >= 11 is 6.16. The van der Waals surface area contributed by atoms with E-state index in [1.165, 1.54) is 4.57 Å². The third-order valence-electron chi connectivity index (χ3n) is 5.16. The second-order valence-corrected chi connectivity index (χ2v) is 7.49. The number of pyridine rings is 1. The Morgan fingerprint density at radius 2 is 1.81 bits per heavy atom. The monoisotopic (exact) mass is 441 g/mol. The second-order valence-electron chi connectivity index (χ2n) is 7.05. The molecule has 0 unspecified atom stereocenters. The van der Waals surface area contributed by atoms with Crippen molar-refractivity contribution >= 4 is 34.5 Å². The van der Waals surface area contributed by atoms with Gasteiger partial charge in [0.25, 0.3) is 0 Å². The van der Waals surface area contributed by atoms with Crippen LogP contribution < -0.4 is 10.7 Å². The van der Waals surface area contributed by atoms with Crippen molar-refractivity contribution in [3.8, 4) is 5.69 Å². The van der Waals surface area contributed by atoms with E-state index in [4.69, 9.17) is 16.3 Å². The lowest BCUT2D eigenvalue weighted by Gasteiger charge is -2.27. The number of fused-ring (bicyclic) bond motifs is 1. The molecule has 0 aliphatic carbocycles. The zero-order valence-corrected chi connectivity index (χ0v) is 17.3. The van der Waals surface area contributed by atoms with Gasteiger partial charge in [-0.15, -0.1) is 0 Å². The number of carboxylic acid groups (broad SMARTS) is 1. The predicted molar refractivity (Wildman–Crippen MR) is 116 cm³/mol. The Morgan fingerprint density at radius 3 is 2.48 bits per heavy atom. The van der Waals surface area contributed by atoms with Crippen LogP contribution in [0.15, 0.2) is 53.3 Å². The summed E-state index contributed by atoms with van der Waals surface area (Å²) in [4.78, 5) is 39.6. The van der Waals surface area contributed by atoms with E-state index in [1.807, 2.05) is 6.07 Å². The van der Waals surface area contributed by atoms with Crippen LogP contribution in [0.1, 0.15) is 16.1 Å². The number of halogens is 1. The van der Waals surface area contributed by atoms with Crippen LogP contribution in [-0.4, -0.2) is 52.9 Å². The number of nitrogens with one attached hydrogen (secondary N) is 1. The summed E-state index contributed by atoms with van der Waals surface area (Å²) in [5.74, 6) is -1.28. The third kappa shape index (κ3) is 4.12. The molecule has 0 bridgehead atoms. The van der Waals surface area contributed by atoms with Crippen LogP contribution in [0.3, 0.4) is 0 Å². The molecule has 2 heterocycles. The highest BCUT2D eigenvalue weighted by atomic mass is 35.5. The number of carbonyl (C=O) groups is 2. The molecule has 0 saturated carbocycles. The van der Waals surface area contributed by atoms with Gasteiger partial charge in [0, 0.05) is 29.2 Å². The maximum absolute atomic E-state index is 13.2. The molecule has 0 radical (unpaired) electrons. The van der Waals surface area contributed by atoms with Crippen molar-refractivity contribution < 1.29 is 19.4 Å². The number of para-hydroxylation sites is 1.